The van der Waals surface area contributed by atoms with E-state index in [-0.39, 0.29) is 0 Å². The highest BCUT2D eigenvalue weighted by atomic mass is 15.1. The van der Waals surface area contributed by atoms with Crippen LogP contribution in [-0.2, 0) is 0 Å². The van der Waals surface area contributed by atoms with Crippen molar-refractivity contribution in [2.45, 2.75) is 13.8 Å². The molecule has 0 aromatic heterocycles. The minimum Gasteiger partial charge on any atom is -0.397 e. The lowest BCUT2D eigenvalue weighted by Crippen LogP contribution is -2.21. The third-order valence-corrected chi connectivity index (χ3v) is 2.20. The average molecular weight is 179 g/mol. The number of nitrogen functional groups attached to an aromatic ring is 2. The Morgan fingerprint density at radius 3 is 2.15 bits per heavy atom. The third kappa shape index (κ3) is 2.05. The predicted octanol–water partition coefficient (Wildman–Crippen LogP) is 1.70. The smallest absolute Gasteiger partial charge is 0.0568 e. The van der Waals surface area contributed by atoms with Crippen molar-refractivity contribution in [2.24, 2.45) is 0 Å². The van der Waals surface area contributed by atoms with E-state index in [2.05, 4.69) is 18.7 Å². The van der Waals surface area contributed by atoms with Gasteiger partial charge in [-0.15, -0.1) is 0 Å². The lowest BCUT2D eigenvalue weighted by atomic mass is 10.2. The van der Waals surface area contributed by atoms with Crippen LogP contribution in [-0.4, -0.2) is 13.1 Å². The average Bonchev–Trinajstić information content (AvgIpc) is 2.13. The third-order valence-electron chi connectivity index (χ3n) is 2.20. The van der Waals surface area contributed by atoms with Gasteiger partial charge in [0.05, 0.1) is 11.4 Å². The molecule has 0 saturated heterocycles. The van der Waals surface area contributed by atoms with Crippen LogP contribution in [0.4, 0.5) is 17.1 Å². The SMILES string of the molecule is CCN(CC)c1ccc(N)c(N)c1. The van der Waals surface area contributed by atoms with Gasteiger partial charge >= 0.3 is 0 Å². The van der Waals surface area contributed by atoms with E-state index in [9.17, 15) is 0 Å². The number of anilines is 3. The summed E-state index contributed by atoms with van der Waals surface area (Å²) in [4.78, 5) is 2.23. The number of nitrogens with two attached hydrogens (primary N) is 2. The van der Waals surface area contributed by atoms with E-state index in [1.807, 2.05) is 18.2 Å². The summed E-state index contributed by atoms with van der Waals surface area (Å²) in [6.45, 7) is 6.21. The largest absolute Gasteiger partial charge is 0.397 e. The van der Waals surface area contributed by atoms with E-state index in [0.29, 0.717) is 11.4 Å². The fourth-order valence-electron chi connectivity index (χ4n) is 1.35. The minimum absolute atomic E-state index is 0.649. The van der Waals surface area contributed by atoms with E-state index in [4.69, 9.17) is 11.5 Å². The molecule has 72 valence electrons. The quantitative estimate of drug-likeness (QED) is 0.694. The van der Waals surface area contributed by atoms with Crippen molar-refractivity contribution in [1.29, 1.82) is 0 Å². The number of hydrogen-bond donors (Lipinski definition) is 2. The van der Waals surface area contributed by atoms with Crippen molar-refractivity contribution in [3.63, 3.8) is 0 Å². The summed E-state index contributed by atoms with van der Waals surface area (Å²) in [6.07, 6.45) is 0. The lowest BCUT2D eigenvalue weighted by Gasteiger charge is -2.21. The molecule has 0 atom stereocenters. The first-order valence-corrected chi connectivity index (χ1v) is 4.59. The van der Waals surface area contributed by atoms with Crippen LogP contribution in [0.2, 0.25) is 0 Å². The Kier molecular flexibility index (Phi) is 3.01. The van der Waals surface area contributed by atoms with Gasteiger partial charge in [0.1, 0.15) is 0 Å². The summed E-state index contributed by atoms with van der Waals surface area (Å²) in [6, 6.07) is 5.77. The molecule has 1 aromatic carbocycles. The molecule has 0 heterocycles. The molecule has 3 heteroatoms. The number of nitrogens with zero attached hydrogens (tertiary/aromatic N) is 1. The first kappa shape index (κ1) is 9.71. The first-order chi connectivity index (χ1) is 6.19. The summed E-state index contributed by atoms with van der Waals surface area (Å²) in [5.74, 6) is 0. The topological polar surface area (TPSA) is 55.3 Å². The van der Waals surface area contributed by atoms with E-state index in [1.165, 1.54) is 0 Å². The number of hydrogen-bond acceptors (Lipinski definition) is 3. The minimum atomic E-state index is 0.649. The van der Waals surface area contributed by atoms with Gasteiger partial charge in [0.15, 0.2) is 0 Å². The monoisotopic (exact) mass is 179 g/mol. The van der Waals surface area contributed by atoms with E-state index in [0.717, 1.165) is 18.8 Å². The van der Waals surface area contributed by atoms with Crippen LogP contribution in [0.5, 0.6) is 0 Å². The zero-order valence-electron chi connectivity index (χ0n) is 8.25. The second kappa shape index (κ2) is 4.03. The Bertz CT molecular complexity index is 279. The normalized spacial score (nSPS) is 10.0. The van der Waals surface area contributed by atoms with Crippen LogP contribution in [0.15, 0.2) is 18.2 Å². The zero-order chi connectivity index (χ0) is 9.84. The molecule has 0 bridgehead atoms. The molecule has 1 aromatic rings. The maximum Gasteiger partial charge on any atom is 0.0568 e. The van der Waals surface area contributed by atoms with Gasteiger partial charge in [0, 0.05) is 18.8 Å². The van der Waals surface area contributed by atoms with Crippen LogP contribution in [0.25, 0.3) is 0 Å². The molecule has 0 unspecified atom stereocenters. The van der Waals surface area contributed by atoms with Gasteiger partial charge in [0.25, 0.3) is 0 Å². The molecule has 0 amide bonds. The lowest BCUT2D eigenvalue weighted by molar-refractivity contribution is 0.867. The van der Waals surface area contributed by atoms with E-state index < -0.39 is 0 Å². The molecule has 0 radical (unpaired) electrons. The van der Waals surface area contributed by atoms with Crippen LogP contribution < -0.4 is 16.4 Å². The van der Waals surface area contributed by atoms with Gasteiger partial charge in [0.2, 0.25) is 0 Å². The highest BCUT2D eigenvalue weighted by Gasteiger charge is 2.02. The molecule has 0 aliphatic heterocycles. The summed E-state index contributed by atoms with van der Waals surface area (Å²) in [5.41, 5.74) is 13.8. The molecule has 13 heavy (non-hydrogen) atoms. The molecule has 0 aliphatic rings. The fraction of sp³-hybridized carbons (Fsp3) is 0.400. The Labute approximate surface area is 79.3 Å². The Morgan fingerprint density at radius 1 is 1.08 bits per heavy atom. The van der Waals surface area contributed by atoms with Gasteiger partial charge in [-0.2, -0.15) is 0 Å². The molecular formula is C10H17N3. The van der Waals surface area contributed by atoms with Gasteiger partial charge < -0.3 is 16.4 Å². The van der Waals surface area contributed by atoms with Gasteiger partial charge in [-0.1, -0.05) is 0 Å². The van der Waals surface area contributed by atoms with Crippen LogP contribution in [0.1, 0.15) is 13.8 Å². The molecule has 0 saturated carbocycles. The van der Waals surface area contributed by atoms with Crippen molar-refractivity contribution < 1.29 is 0 Å². The maximum absolute atomic E-state index is 5.72. The van der Waals surface area contributed by atoms with Gasteiger partial charge in [-0.3, -0.25) is 0 Å². The Hall–Kier alpha value is -1.38. The highest BCUT2D eigenvalue weighted by molar-refractivity contribution is 5.69. The predicted molar refractivity (Wildman–Crippen MR) is 58.8 cm³/mol. The van der Waals surface area contributed by atoms with Crippen LogP contribution >= 0.6 is 0 Å². The van der Waals surface area contributed by atoms with Crippen molar-refractivity contribution in [3.05, 3.63) is 18.2 Å². The molecule has 3 nitrogen and oxygen atoms in total. The van der Waals surface area contributed by atoms with Crippen LogP contribution in [0.3, 0.4) is 0 Å². The maximum atomic E-state index is 5.72. The van der Waals surface area contributed by atoms with Crippen LogP contribution in [0, 0.1) is 0 Å². The molecular weight excluding hydrogens is 162 g/mol. The second-order valence-electron chi connectivity index (χ2n) is 2.99. The van der Waals surface area contributed by atoms with E-state index in [1.54, 1.807) is 0 Å². The van der Waals surface area contributed by atoms with Crippen molar-refractivity contribution in [3.8, 4) is 0 Å². The molecule has 0 fully saturated rings. The molecule has 4 N–H and O–H groups in total. The Balaban J connectivity index is 2.95. The first-order valence-electron chi connectivity index (χ1n) is 4.59. The Morgan fingerprint density at radius 2 is 1.69 bits per heavy atom. The molecule has 1 rings (SSSR count). The fourth-order valence-corrected chi connectivity index (χ4v) is 1.35. The van der Waals surface area contributed by atoms with Crippen molar-refractivity contribution in [1.82, 2.24) is 0 Å². The molecule has 0 spiro atoms. The number of benzene rings is 1. The summed E-state index contributed by atoms with van der Waals surface area (Å²) in [7, 11) is 0. The van der Waals surface area contributed by atoms with Crippen molar-refractivity contribution >= 4 is 17.1 Å². The zero-order valence-corrected chi connectivity index (χ0v) is 8.25. The second-order valence-corrected chi connectivity index (χ2v) is 2.99. The van der Waals surface area contributed by atoms with E-state index >= 15 is 0 Å². The van der Waals surface area contributed by atoms with Gasteiger partial charge in [-0.05, 0) is 32.0 Å². The summed E-state index contributed by atoms with van der Waals surface area (Å²) in [5, 5.41) is 0. The standard InChI is InChI=1S/C10H17N3/c1-3-13(4-2)8-5-6-9(11)10(12)7-8/h5-7H,3-4,11-12H2,1-2H3. The highest BCUT2D eigenvalue weighted by Crippen LogP contribution is 2.22. The summed E-state index contributed by atoms with van der Waals surface area (Å²) < 4.78 is 0. The van der Waals surface area contributed by atoms with Gasteiger partial charge in [-0.25, -0.2) is 0 Å². The number of rotatable bonds is 3. The van der Waals surface area contributed by atoms with Crippen molar-refractivity contribution in [2.75, 3.05) is 29.5 Å². The summed E-state index contributed by atoms with van der Waals surface area (Å²) >= 11 is 0. The molecule has 0 aliphatic carbocycles.